The molecule has 2 unspecified atom stereocenters. The van der Waals surface area contributed by atoms with Gasteiger partial charge in [-0.2, -0.15) is 26.3 Å². The first-order valence-corrected chi connectivity index (χ1v) is 12.6. The van der Waals surface area contributed by atoms with Crippen molar-refractivity contribution in [3.63, 3.8) is 0 Å². The fourth-order valence-electron chi connectivity index (χ4n) is 5.64. The molecule has 1 N–H and O–H groups in total. The number of carbonyl (C=O) groups excluding carboxylic acids is 1. The summed E-state index contributed by atoms with van der Waals surface area (Å²) in [4.78, 5) is 28.6. The molecule has 0 aliphatic carbocycles. The lowest BCUT2D eigenvalue weighted by molar-refractivity contribution is -0.200. The van der Waals surface area contributed by atoms with Crippen molar-refractivity contribution in [2.24, 2.45) is 5.41 Å². The topological polar surface area (TPSA) is 73.3 Å². The second-order valence-corrected chi connectivity index (χ2v) is 10.6. The van der Waals surface area contributed by atoms with Crippen molar-refractivity contribution < 1.29 is 45.8 Å². The van der Waals surface area contributed by atoms with Crippen LogP contribution in [0.4, 0.5) is 36.8 Å². The number of carboxylic acid groups (broad SMARTS) is 1. The Morgan fingerprint density at radius 2 is 1.71 bits per heavy atom. The highest BCUT2D eigenvalue weighted by Gasteiger charge is 2.47. The van der Waals surface area contributed by atoms with Crippen LogP contribution in [0.3, 0.4) is 0 Å². The standard InChI is InChI=1S/C25H31F6N3O4/c1-16(24(26,27)28)38-22(37)33-8-5-23(6-9-33)14-32(15-23)13-17-10-18(25(29,30)31)12-19(11-17)34-7-3-2-4-20(34)21(35)36/h10-12,16,20H,2-9,13-15H2,1H3,(H,35,36). The number of nitrogens with zero attached hydrogens (tertiary/aromatic N) is 3. The Kier molecular flexibility index (Phi) is 7.79. The van der Waals surface area contributed by atoms with Gasteiger partial charge in [0.2, 0.25) is 0 Å². The molecule has 3 fully saturated rings. The third-order valence-electron chi connectivity index (χ3n) is 7.77. The number of anilines is 1. The summed E-state index contributed by atoms with van der Waals surface area (Å²) in [6, 6.07) is 2.86. The minimum absolute atomic E-state index is 0.155. The molecule has 1 aromatic carbocycles. The molecule has 212 valence electrons. The van der Waals surface area contributed by atoms with Crippen molar-refractivity contribution in [2.75, 3.05) is 37.6 Å². The maximum atomic E-state index is 13.7. The Bertz CT molecular complexity index is 1030. The van der Waals surface area contributed by atoms with Gasteiger partial charge in [-0.05, 0) is 68.2 Å². The van der Waals surface area contributed by atoms with Crippen molar-refractivity contribution in [1.29, 1.82) is 0 Å². The highest BCUT2D eigenvalue weighted by atomic mass is 19.4. The monoisotopic (exact) mass is 551 g/mol. The van der Waals surface area contributed by atoms with Gasteiger partial charge in [0.05, 0.1) is 5.56 Å². The van der Waals surface area contributed by atoms with E-state index in [1.807, 2.05) is 4.90 Å². The van der Waals surface area contributed by atoms with Gasteiger partial charge in [0.1, 0.15) is 6.04 Å². The van der Waals surface area contributed by atoms with E-state index >= 15 is 0 Å². The number of rotatable bonds is 5. The third kappa shape index (κ3) is 6.29. The van der Waals surface area contributed by atoms with Gasteiger partial charge in [-0.3, -0.25) is 4.90 Å². The van der Waals surface area contributed by atoms with Gasteiger partial charge >= 0.3 is 24.4 Å². The predicted octanol–water partition coefficient (Wildman–Crippen LogP) is 5.13. The fourth-order valence-corrected chi connectivity index (χ4v) is 5.64. The number of aliphatic carboxylic acids is 1. The summed E-state index contributed by atoms with van der Waals surface area (Å²) in [6.45, 7) is 3.06. The highest BCUT2D eigenvalue weighted by molar-refractivity contribution is 5.78. The minimum Gasteiger partial charge on any atom is -0.480 e. The Hall–Kier alpha value is -2.70. The first-order valence-electron chi connectivity index (χ1n) is 12.6. The number of carboxylic acids is 1. The SMILES string of the molecule is CC(OC(=O)N1CCC2(CC1)CN(Cc1cc(N3CCCCC3C(=O)O)cc(C(F)(F)F)c1)C2)C(F)(F)F. The maximum Gasteiger partial charge on any atom is 0.425 e. The van der Waals surface area contributed by atoms with E-state index in [9.17, 15) is 41.0 Å². The maximum absolute atomic E-state index is 13.7. The van der Waals surface area contributed by atoms with Gasteiger partial charge in [0.25, 0.3) is 0 Å². The van der Waals surface area contributed by atoms with Crippen LogP contribution in [0.2, 0.25) is 0 Å². The summed E-state index contributed by atoms with van der Waals surface area (Å²) >= 11 is 0. The number of alkyl halides is 6. The van der Waals surface area contributed by atoms with E-state index in [0.29, 0.717) is 57.3 Å². The average Bonchev–Trinajstić information content (AvgIpc) is 2.82. The number of likely N-dealkylation sites (tertiary alicyclic amines) is 2. The second-order valence-electron chi connectivity index (χ2n) is 10.6. The van der Waals surface area contributed by atoms with Gasteiger partial charge in [-0.1, -0.05) is 0 Å². The molecule has 3 heterocycles. The molecule has 0 saturated carbocycles. The summed E-state index contributed by atoms with van der Waals surface area (Å²) in [6.07, 6.45) is -9.53. The van der Waals surface area contributed by atoms with Gasteiger partial charge in [0, 0.05) is 45.0 Å². The highest BCUT2D eigenvalue weighted by Crippen LogP contribution is 2.42. The zero-order valence-electron chi connectivity index (χ0n) is 20.9. The number of amides is 1. The Morgan fingerprint density at radius 3 is 2.29 bits per heavy atom. The van der Waals surface area contributed by atoms with Crippen molar-refractivity contribution in [3.8, 4) is 0 Å². The lowest BCUT2D eigenvalue weighted by Crippen LogP contribution is -2.60. The summed E-state index contributed by atoms with van der Waals surface area (Å²) in [5.41, 5.74) is -0.300. The lowest BCUT2D eigenvalue weighted by Gasteiger charge is -2.54. The number of carbonyl (C=O) groups is 2. The van der Waals surface area contributed by atoms with E-state index < -0.39 is 42.1 Å². The third-order valence-corrected chi connectivity index (χ3v) is 7.77. The summed E-state index contributed by atoms with van der Waals surface area (Å²) in [7, 11) is 0. The molecular formula is C25H31F6N3O4. The van der Waals surface area contributed by atoms with Crippen LogP contribution in [-0.2, 0) is 22.3 Å². The molecule has 3 saturated heterocycles. The molecule has 1 amide bonds. The largest absolute Gasteiger partial charge is 0.480 e. The molecule has 0 bridgehead atoms. The molecule has 0 aromatic heterocycles. The van der Waals surface area contributed by atoms with Gasteiger partial charge in [-0.25, -0.2) is 9.59 Å². The van der Waals surface area contributed by atoms with Crippen LogP contribution < -0.4 is 4.90 Å². The van der Waals surface area contributed by atoms with Crippen LogP contribution in [-0.4, -0.2) is 78.0 Å². The molecule has 7 nitrogen and oxygen atoms in total. The van der Waals surface area contributed by atoms with E-state index in [1.165, 1.54) is 9.80 Å². The molecule has 13 heteroatoms. The number of benzene rings is 1. The Morgan fingerprint density at radius 1 is 1.05 bits per heavy atom. The normalized spacial score (nSPS) is 23.2. The number of piperidine rings is 2. The number of ether oxygens (including phenoxy) is 1. The van der Waals surface area contributed by atoms with Crippen molar-refractivity contribution >= 4 is 17.7 Å². The fraction of sp³-hybridized carbons (Fsp3) is 0.680. The molecule has 2 atom stereocenters. The van der Waals surface area contributed by atoms with Gasteiger partial charge in [0.15, 0.2) is 6.10 Å². The molecular weight excluding hydrogens is 520 g/mol. The molecule has 1 spiro atoms. The van der Waals surface area contributed by atoms with Crippen LogP contribution in [0.25, 0.3) is 0 Å². The predicted molar refractivity (Wildman–Crippen MR) is 125 cm³/mol. The molecule has 1 aromatic rings. The van der Waals surface area contributed by atoms with Crippen LogP contribution in [0, 0.1) is 5.41 Å². The molecule has 38 heavy (non-hydrogen) atoms. The van der Waals surface area contributed by atoms with E-state index in [1.54, 1.807) is 6.07 Å². The van der Waals surface area contributed by atoms with Gasteiger partial charge < -0.3 is 19.6 Å². The minimum atomic E-state index is -4.63. The van der Waals surface area contributed by atoms with Crippen LogP contribution in [0.5, 0.6) is 0 Å². The first kappa shape index (κ1) is 28.3. The van der Waals surface area contributed by atoms with Crippen molar-refractivity contribution in [3.05, 3.63) is 29.3 Å². The molecule has 4 rings (SSSR count). The lowest BCUT2D eigenvalue weighted by atomic mass is 9.72. The van der Waals surface area contributed by atoms with Crippen molar-refractivity contribution in [1.82, 2.24) is 9.80 Å². The van der Waals surface area contributed by atoms with Crippen molar-refractivity contribution in [2.45, 2.75) is 70.1 Å². The zero-order chi connectivity index (χ0) is 27.9. The second kappa shape index (κ2) is 10.5. The zero-order valence-corrected chi connectivity index (χ0v) is 20.9. The molecule has 0 radical (unpaired) electrons. The average molecular weight is 552 g/mol. The summed E-state index contributed by atoms with van der Waals surface area (Å²) in [5.74, 6) is -1.06. The van der Waals surface area contributed by atoms with Crippen LogP contribution in [0.15, 0.2) is 18.2 Å². The summed E-state index contributed by atoms with van der Waals surface area (Å²) in [5, 5.41) is 9.58. The summed E-state index contributed by atoms with van der Waals surface area (Å²) < 4.78 is 83.6. The number of hydrogen-bond donors (Lipinski definition) is 1. The van der Waals surface area contributed by atoms with E-state index in [0.717, 1.165) is 19.1 Å². The quantitative estimate of drug-likeness (QED) is 0.512. The van der Waals surface area contributed by atoms with E-state index in [4.69, 9.17) is 0 Å². The van der Waals surface area contributed by atoms with Crippen LogP contribution >= 0.6 is 0 Å². The van der Waals surface area contributed by atoms with Gasteiger partial charge in [-0.15, -0.1) is 0 Å². The number of halogens is 6. The van der Waals surface area contributed by atoms with E-state index in [2.05, 4.69) is 4.74 Å². The van der Waals surface area contributed by atoms with Crippen LogP contribution in [0.1, 0.15) is 50.2 Å². The van der Waals surface area contributed by atoms with E-state index in [-0.39, 0.29) is 30.7 Å². The Labute approximate surface area is 216 Å². The smallest absolute Gasteiger partial charge is 0.425 e. The molecule has 3 aliphatic rings. The molecule has 3 aliphatic heterocycles. The first-order chi connectivity index (χ1) is 17.7. The number of hydrogen-bond acceptors (Lipinski definition) is 5. The Balaban J connectivity index is 1.38.